The number of benzene rings is 2. The number of hydrogen-bond acceptors (Lipinski definition) is 3. The van der Waals surface area contributed by atoms with Gasteiger partial charge in [0.25, 0.3) is 0 Å². The van der Waals surface area contributed by atoms with Crippen molar-refractivity contribution in [1.82, 2.24) is 9.55 Å². The first-order valence-corrected chi connectivity index (χ1v) is 7.47. The van der Waals surface area contributed by atoms with E-state index in [0.717, 1.165) is 21.1 Å². The van der Waals surface area contributed by atoms with Crippen LogP contribution in [0, 0.1) is 0 Å². The van der Waals surface area contributed by atoms with Crippen molar-refractivity contribution in [3.63, 3.8) is 0 Å². The molecule has 5 heteroatoms. The summed E-state index contributed by atoms with van der Waals surface area (Å²) in [6.45, 7) is 0.201. The number of hydrogen-bond donors (Lipinski definition) is 2. The number of halogens is 1. The molecule has 4 nitrogen and oxygen atoms in total. The number of nitrogens with zero attached hydrogens (tertiary/aromatic N) is 2. The Morgan fingerprint density at radius 1 is 1.14 bits per heavy atom. The highest BCUT2D eigenvalue weighted by Crippen LogP contribution is 2.23. The summed E-state index contributed by atoms with van der Waals surface area (Å²) in [7, 11) is 0. The second-order valence-corrected chi connectivity index (χ2v) is 5.77. The highest BCUT2D eigenvalue weighted by Gasteiger charge is 2.15. The Morgan fingerprint density at radius 3 is 2.71 bits per heavy atom. The van der Waals surface area contributed by atoms with Crippen LogP contribution in [0.1, 0.15) is 17.5 Å². The Hall–Kier alpha value is -1.69. The van der Waals surface area contributed by atoms with Crippen molar-refractivity contribution < 1.29 is 10.2 Å². The summed E-state index contributed by atoms with van der Waals surface area (Å²) in [5, 5.41) is 19.9. The fraction of sp³-hybridized carbons (Fsp3) is 0.188. The van der Waals surface area contributed by atoms with Crippen LogP contribution in [-0.2, 0) is 13.2 Å². The molecule has 0 aliphatic heterocycles. The fourth-order valence-electron chi connectivity index (χ4n) is 2.44. The fourth-order valence-corrected chi connectivity index (χ4v) is 2.86. The van der Waals surface area contributed by atoms with E-state index in [-0.39, 0.29) is 6.61 Å². The second kappa shape index (κ2) is 5.97. The summed E-state index contributed by atoms with van der Waals surface area (Å²) in [5.41, 5.74) is 2.56. The van der Waals surface area contributed by atoms with E-state index in [1.807, 2.05) is 53.1 Å². The molecule has 0 saturated carbocycles. The van der Waals surface area contributed by atoms with Crippen molar-refractivity contribution in [2.24, 2.45) is 0 Å². The first-order valence-electron chi connectivity index (χ1n) is 6.67. The number of aliphatic hydroxyl groups is 2. The number of rotatable bonds is 4. The highest BCUT2D eigenvalue weighted by atomic mass is 79.9. The Labute approximate surface area is 130 Å². The molecule has 1 heterocycles. The molecule has 3 rings (SSSR count). The van der Waals surface area contributed by atoms with Crippen LogP contribution >= 0.6 is 15.9 Å². The predicted octanol–water partition coefficient (Wildman–Crippen LogP) is 3.02. The van der Waals surface area contributed by atoms with Crippen molar-refractivity contribution in [2.75, 3.05) is 0 Å². The maximum atomic E-state index is 10.4. The molecule has 0 radical (unpaired) electrons. The molecule has 0 fully saturated rings. The van der Waals surface area contributed by atoms with Crippen LogP contribution in [0.15, 0.2) is 53.0 Å². The first-order chi connectivity index (χ1) is 10.2. The third-order valence-corrected chi connectivity index (χ3v) is 3.96. The number of aromatic nitrogens is 2. The lowest BCUT2D eigenvalue weighted by molar-refractivity contribution is 0.153. The smallest absolute Gasteiger partial charge is 0.135 e. The predicted molar refractivity (Wildman–Crippen MR) is 84.8 cm³/mol. The Bertz CT molecular complexity index is 770. The summed E-state index contributed by atoms with van der Waals surface area (Å²) in [6.07, 6.45) is -0.662. The topological polar surface area (TPSA) is 58.3 Å². The van der Waals surface area contributed by atoms with Gasteiger partial charge in [-0.15, -0.1) is 0 Å². The monoisotopic (exact) mass is 346 g/mol. The molecule has 1 aromatic heterocycles. The lowest BCUT2D eigenvalue weighted by Crippen LogP contribution is -2.11. The lowest BCUT2D eigenvalue weighted by Gasteiger charge is -2.14. The molecule has 0 bridgehead atoms. The Kier molecular flexibility index (Phi) is 4.05. The summed E-state index contributed by atoms with van der Waals surface area (Å²) < 4.78 is 2.79. The first kappa shape index (κ1) is 14.3. The SMILES string of the molecule is OCc1nc2ccccc2n1CC(O)c1cccc(Br)c1. The van der Waals surface area contributed by atoms with Crippen molar-refractivity contribution >= 4 is 27.0 Å². The second-order valence-electron chi connectivity index (χ2n) is 4.86. The molecule has 2 aromatic carbocycles. The van der Waals surface area contributed by atoms with E-state index >= 15 is 0 Å². The van der Waals surface area contributed by atoms with E-state index in [2.05, 4.69) is 20.9 Å². The summed E-state index contributed by atoms with van der Waals surface area (Å²) in [4.78, 5) is 4.39. The van der Waals surface area contributed by atoms with E-state index in [1.165, 1.54) is 0 Å². The number of imidazole rings is 1. The lowest BCUT2D eigenvalue weighted by atomic mass is 10.1. The third kappa shape index (κ3) is 2.85. The third-order valence-electron chi connectivity index (χ3n) is 3.46. The van der Waals surface area contributed by atoms with Crippen LogP contribution in [0.3, 0.4) is 0 Å². The summed E-state index contributed by atoms with van der Waals surface area (Å²) in [5.74, 6) is 0.560. The van der Waals surface area contributed by atoms with Gasteiger partial charge in [0.05, 0.1) is 23.7 Å². The molecule has 108 valence electrons. The molecular weight excluding hydrogens is 332 g/mol. The highest BCUT2D eigenvalue weighted by molar-refractivity contribution is 9.10. The number of para-hydroxylation sites is 2. The molecule has 0 saturated heterocycles. The molecule has 21 heavy (non-hydrogen) atoms. The molecule has 1 atom stereocenters. The van der Waals surface area contributed by atoms with E-state index in [9.17, 15) is 10.2 Å². The van der Waals surface area contributed by atoms with Crippen LogP contribution in [-0.4, -0.2) is 19.8 Å². The van der Waals surface area contributed by atoms with Gasteiger partial charge >= 0.3 is 0 Å². The molecule has 1 unspecified atom stereocenters. The van der Waals surface area contributed by atoms with Gasteiger partial charge in [-0.05, 0) is 29.8 Å². The van der Waals surface area contributed by atoms with Crippen molar-refractivity contribution in [1.29, 1.82) is 0 Å². The molecule has 0 amide bonds. The van der Waals surface area contributed by atoms with Gasteiger partial charge in [-0.1, -0.05) is 40.2 Å². The van der Waals surface area contributed by atoms with Crippen LogP contribution in [0.5, 0.6) is 0 Å². The van der Waals surface area contributed by atoms with Crippen LogP contribution in [0.4, 0.5) is 0 Å². The zero-order valence-corrected chi connectivity index (χ0v) is 12.9. The van der Waals surface area contributed by atoms with Gasteiger partial charge in [-0.2, -0.15) is 0 Å². The number of fused-ring (bicyclic) bond motifs is 1. The van der Waals surface area contributed by atoms with E-state index in [0.29, 0.717) is 12.4 Å². The quantitative estimate of drug-likeness (QED) is 0.763. The van der Waals surface area contributed by atoms with E-state index in [4.69, 9.17) is 0 Å². The minimum Gasteiger partial charge on any atom is -0.388 e. The zero-order valence-electron chi connectivity index (χ0n) is 11.3. The largest absolute Gasteiger partial charge is 0.388 e. The van der Waals surface area contributed by atoms with Crippen LogP contribution in [0.25, 0.3) is 11.0 Å². The Morgan fingerprint density at radius 2 is 1.95 bits per heavy atom. The molecule has 0 spiro atoms. The van der Waals surface area contributed by atoms with Gasteiger partial charge in [0.2, 0.25) is 0 Å². The van der Waals surface area contributed by atoms with Crippen molar-refractivity contribution in [2.45, 2.75) is 19.3 Å². The minimum atomic E-state index is -0.662. The van der Waals surface area contributed by atoms with Crippen molar-refractivity contribution in [3.05, 3.63) is 64.4 Å². The molecule has 0 aliphatic carbocycles. The van der Waals surface area contributed by atoms with Gasteiger partial charge in [0, 0.05) is 4.47 Å². The summed E-state index contributed by atoms with van der Waals surface area (Å²) >= 11 is 3.41. The molecular formula is C16H15BrN2O2. The van der Waals surface area contributed by atoms with E-state index in [1.54, 1.807) is 0 Å². The maximum absolute atomic E-state index is 10.4. The average Bonchev–Trinajstić information content (AvgIpc) is 2.85. The zero-order chi connectivity index (χ0) is 14.8. The molecule has 3 aromatic rings. The average molecular weight is 347 g/mol. The van der Waals surface area contributed by atoms with Gasteiger partial charge in [-0.3, -0.25) is 0 Å². The summed E-state index contributed by atoms with van der Waals surface area (Å²) in [6, 6.07) is 15.3. The van der Waals surface area contributed by atoms with Gasteiger partial charge in [0.15, 0.2) is 0 Å². The van der Waals surface area contributed by atoms with Crippen LogP contribution in [0.2, 0.25) is 0 Å². The minimum absolute atomic E-state index is 0.153. The maximum Gasteiger partial charge on any atom is 0.135 e. The van der Waals surface area contributed by atoms with Gasteiger partial charge < -0.3 is 14.8 Å². The van der Waals surface area contributed by atoms with Crippen molar-refractivity contribution in [3.8, 4) is 0 Å². The number of aliphatic hydroxyl groups excluding tert-OH is 2. The normalized spacial score (nSPS) is 12.7. The Balaban J connectivity index is 1.97. The van der Waals surface area contributed by atoms with Crippen LogP contribution < -0.4 is 0 Å². The standard InChI is InChI=1S/C16H15BrN2O2/c17-12-5-3-4-11(8-12)15(21)9-19-14-7-2-1-6-13(14)18-16(19)10-20/h1-8,15,20-21H,9-10H2. The van der Waals surface area contributed by atoms with Gasteiger partial charge in [0.1, 0.15) is 12.4 Å². The van der Waals surface area contributed by atoms with Gasteiger partial charge in [-0.25, -0.2) is 4.98 Å². The van der Waals surface area contributed by atoms with E-state index < -0.39 is 6.10 Å². The molecule has 2 N–H and O–H groups in total. The molecule has 0 aliphatic rings.